The van der Waals surface area contributed by atoms with Crippen LogP contribution in [-0.4, -0.2) is 30.3 Å². The van der Waals surface area contributed by atoms with Crippen molar-refractivity contribution in [2.24, 2.45) is 0 Å². The van der Waals surface area contributed by atoms with E-state index in [-0.39, 0.29) is 30.3 Å². The molecule has 0 spiro atoms. The van der Waals surface area contributed by atoms with E-state index in [4.69, 9.17) is 0 Å². The number of rotatable bonds is 6. The van der Waals surface area contributed by atoms with Gasteiger partial charge in [-0.25, -0.2) is 0 Å². The maximum absolute atomic E-state index is 12.0. The molecule has 0 aliphatic heterocycles. The molecule has 0 bridgehead atoms. The van der Waals surface area contributed by atoms with Crippen LogP contribution in [0.3, 0.4) is 0 Å². The first-order valence-corrected chi connectivity index (χ1v) is 8.57. The quantitative estimate of drug-likeness (QED) is 0.746. The minimum absolute atomic E-state index is 0.142. The van der Waals surface area contributed by atoms with E-state index in [1.807, 2.05) is 19.1 Å². The lowest BCUT2D eigenvalue weighted by Gasteiger charge is -2.09. The van der Waals surface area contributed by atoms with Gasteiger partial charge in [0.15, 0.2) is 0 Å². The summed E-state index contributed by atoms with van der Waals surface area (Å²) in [6.45, 7) is 1.79. The van der Waals surface area contributed by atoms with Gasteiger partial charge in [-0.3, -0.25) is 14.4 Å². The van der Waals surface area contributed by atoms with Gasteiger partial charge in [0.2, 0.25) is 5.91 Å². The van der Waals surface area contributed by atoms with Crippen LogP contribution >= 0.6 is 0 Å². The number of carbonyl (C=O) groups is 3. The van der Waals surface area contributed by atoms with Gasteiger partial charge in [0, 0.05) is 22.9 Å². The first kappa shape index (κ1) is 17.7. The molecule has 3 rings (SSSR count). The van der Waals surface area contributed by atoms with E-state index < -0.39 is 0 Å². The Hall–Kier alpha value is -3.15. The van der Waals surface area contributed by atoms with Crippen LogP contribution in [0, 0.1) is 6.92 Å². The highest BCUT2D eigenvalue weighted by molar-refractivity contribution is 6.00. The zero-order chi connectivity index (χ0) is 18.5. The van der Waals surface area contributed by atoms with Gasteiger partial charge in [-0.1, -0.05) is 23.8 Å². The standard InChI is InChI=1S/C20H21N3O3/c1-13-5-7-14(8-6-13)19(25)21-12-18(24)22-17-4-2-3-15(11-17)20(26)23-16-9-10-16/h2-8,11,16H,9-10,12H2,1H3,(H,21,25)(H,22,24)(H,23,26). The molecule has 0 unspecified atom stereocenters. The molecule has 2 aromatic rings. The summed E-state index contributed by atoms with van der Waals surface area (Å²) in [6, 6.07) is 14.1. The predicted octanol–water partition coefficient (Wildman–Crippen LogP) is 2.26. The van der Waals surface area contributed by atoms with Gasteiger partial charge in [0.1, 0.15) is 0 Å². The highest BCUT2D eigenvalue weighted by Crippen LogP contribution is 2.20. The molecular weight excluding hydrogens is 330 g/mol. The molecule has 1 saturated carbocycles. The fourth-order valence-corrected chi connectivity index (χ4v) is 2.41. The summed E-state index contributed by atoms with van der Waals surface area (Å²) in [5, 5.41) is 8.17. The Morgan fingerprint density at radius 1 is 0.962 bits per heavy atom. The second-order valence-electron chi connectivity index (χ2n) is 6.43. The fourth-order valence-electron chi connectivity index (χ4n) is 2.41. The van der Waals surface area contributed by atoms with Crippen LogP contribution in [0.25, 0.3) is 0 Å². The first-order valence-electron chi connectivity index (χ1n) is 8.57. The van der Waals surface area contributed by atoms with Crippen molar-refractivity contribution >= 4 is 23.4 Å². The third-order valence-electron chi connectivity index (χ3n) is 4.04. The van der Waals surface area contributed by atoms with Gasteiger partial charge in [-0.2, -0.15) is 0 Å². The largest absolute Gasteiger partial charge is 0.349 e. The van der Waals surface area contributed by atoms with Crippen molar-refractivity contribution in [3.05, 3.63) is 65.2 Å². The number of anilines is 1. The molecule has 3 N–H and O–H groups in total. The van der Waals surface area contributed by atoms with Crippen LogP contribution in [0.2, 0.25) is 0 Å². The summed E-state index contributed by atoms with van der Waals surface area (Å²) in [5.74, 6) is -0.806. The molecule has 2 aromatic carbocycles. The van der Waals surface area contributed by atoms with Crippen molar-refractivity contribution in [2.75, 3.05) is 11.9 Å². The zero-order valence-electron chi connectivity index (χ0n) is 14.5. The fraction of sp³-hybridized carbons (Fsp3) is 0.250. The molecule has 0 atom stereocenters. The van der Waals surface area contributed by atoms with Crippen molar-refractivity contribution in [3.63, 3.8) is 0 Å². The predicted molar refractivity (Wildman–Crippen MR) is 99.1 cm³/mol. The first-order chi connectivity index (χ1) is 12.5. The smallest absolute Gasteiger partial charge is 0.251 e. The summed E-state index contributed by atoms with van der Waals surface area (Å²) in [6.07, 6.45) is 2.03. The van der Waals surface area contributed by atoms with Gasteiger partial charge >= 0.3 is 0 Å². The summed E-state index contributed by atoms with van der Waals surface area (Å²) in [5.41, 5.74) is 2.58. The Kier molecular flexibility index (Phi) is 5.31. The number of hydrogen-bond acceptors (Lipinski definition) is 3. The highest BCUT2D eigenvalue weighted by atomic mass is 16.2. The van der Waals surface area contributed by atoms with E-state index in [2.05, 4.69) is 16.0 Å². The van der Waals surface area contributed by atoms with Crippen molar-refractivity contribution in [2.45, 2.75) is 25.8 Å². The second kappa shape index (κ2) is 7.82. The van der Waals surface area contributed by atoms with E-state index in [1.54, 1.807) is 36.4 Å². The Morgan fingerprint density at radius 3 is 2.38 bits per heavy atom. The average molecular weight is 351 g/mol. The lowest BCUT2D eigenvalue weighted by atomic mass is 10.1. The summed E-state index contributed by atoms with van der Waals surface area (Å²) in [4.78, 5) is 36.1. The lowest BCUT2D eigenvalue weighted by Crippen LogP contribution is -2.33. The van der Waals surface area contributed by atoms with Crippen LogP contribution in [-0.2, 0) is 4.79 Å². The van der Waals surface area contributed by atoms with Gasteiger partial charge in [0.25, 0.3) is 11.8 Å². The Labute approximate surface area is 152 Å². The summed E-state index contributed by atoms with van der Waals surface area (Å²) >= 11 is 0. The van der Waals surface area contributed by atoms with Crippen molar-refractivity contribution in [1.29, 1.82) is 0 Å². The van der Waals surface area contributed by atoms with Gasteiger partial charge in [0.05, 0.1) is 6.54 Å². The maximum Gasteiger partial charge on any atom is 0.251 e. The topological polar surface area (TPSA) is 87.3 Å². The van der Waals surface area contributed by atoms with Crippen molar-refractivity contribution < 1.29 is 14.4 Å². The lowest BCUT2D eigenvalue weighted by molar-refractivity contribution is -0.115. The minimum Gasteiger partial charge on any atom is -0.349 e. The average Bonchev–Trinajstić information content (AvgIpc) is 3.44. The minimum atomic E-state index is -0.356. The van der Waals surface area contributed by atoms with Crippen LogP contribution in [0.15, 0.2) is 48.5 Å². The molecule has 134 valence electrons. The van der Waals surface area contributed by atoms with Crippen LogP contribution in [0.4, 0.5) is 5.69 Å². The number of nitrogens with one attached hydrogen (secondary N) is 3. The van der Waals surface area contributed by atoms with Crippen molar-refractivity contribution in [1.82, 2.24) is 10.6 Å². The van der Waals surface area contributed by atoms with E-state index in [1.165, 1.54) is 0 Å². The van der Waals surface area contributed by atoms with Crippen molar-refractivity contribution in [3.8, 4) is 0 Å². The molecule has 26 heavy (non-hydrogen) atoms. The number of amides is 3. The van der Waals surface area contributed by atoms with Gasteiger partial charge in [-0.15, -0.1) is 0 Å². The molecule has 0 heterocycles. The molecule has 0 radical (unpaired) electrons. The number of hydrogen-bond donors (Lipinski definition) is 3. The zero-order valence-corrected chi connectivity index (χ0v) is 14.5. The van der Waals surface area contributed by atoms with E-state index in [0.717, 1.165) is 18.4 Å². The highest BCUT2D eigenvalue weighted by Gasteiger charge is 2.23. The SMILES string of the molecule is Cc1ccc(C(=O)NCC(=O)Nc2cccc(C(=O)NC3CC3)c2)cc1. The molecule has 6 heteroatoms. The third kappa shape index (κ3) is 4.92. The summed E-state index contributed by atoms with van der Waals surface area (Å²) < 4.78 is 0. The monoisotopic (exact) mass is 351 g/mol. The molecular formula is C20H21N3O3. The molecule has 1 aliphatic carbocycles. The van der Waals surface area contributed by atoms with E-state index in [0.29, 0.717) is 16.8 Å². The Morgan fingerprint density at radius 2 is 1.69 bits per heavy atom. The van der Waals surface area contributed by atoms with Gasteiger partial charge < -0.3 is 16.0 Å². The Balaban J connectivity index is 1.52. The van der Waals surface area contributed by atoms with Crippen LogP contribution < -0.4 is 16.0 Å². The number of aryl methyl sites for hydroxylation is 1. The van der Waals surface area contributed by atoms with E-state index >= 15 is 0 Å². The van der Waals surface area contributed by atoms with E-state index in [9.17, 15) is 14.4 Å². The maximum atomic E-state index is 12.0. The normalized spacial score (nSPS) is 13.0. The Bertz CT molecular complexity index is 826. The van der Waals surface area contributed by atoms with Crippen LogP contribution in [0.5, 0.6) is 0 Å². The molecule has 0 saturated heterocycles. The summed E-state index contributed by atoms with van der Waals surface area (Å²) in [7, 11) is 0. The molecule has 1 aliphatic rings. The van der Waals surface area contributed by atoms with Gasteiger partial charge in [-0.05, 0) is 50.1 Å². The number of benzene rings is 2. The molecule has 1 fully saturated rings. The third-order valence-corrected chi connectivity index (χ3v) is 4.04. The molecule has 3 amide bonds. The van der Waals surface area contributed by atoms with Crippen LogP contribution in [0.1, 0.15) is 39.1 Å². The number of carbonyl (C=O) groups excluding carboxylic acids is 3. The second-order valence-corrected chi connectivity index (χ2v) is 6.43. The molecule has 6 nitrogen and oxygen atoms in total. The molecule has 0 aromatic heterocycles.